The van der Waals surface area contributed by atoms with E-state index in [1.165, 1.54) is 96.3 Å². The molecule has 8 heteroatoms. The zero-order chi connectivity index (χ0) is 23.3. The lowest BCUT2D eigenvalue weighted by molar-refractivity contribution is -0.145. The molecule has 0 aliphatic carbocycles. The third-order valence-electron chi connectivity index (χ3n) is 5.92. The van der Waals surface area contributed by atoms with Crippen LogP contribution in [-0.2, 0) is 23.1 Å². The Morgan fingerprint density at radius 1 is 0.781 bits per heavy atom. The molecule has 1 aliphatic rings. The van der Waals surface area contributed by atoms with E-state index in [1.807, 2.05) is 0 Å². The van der Waals surface area contributed by atoms with Gasteiger partial charge in [-0.15, -0.1) is 0 Å². The van der Waals surface area contributed by atoms with Gasteiger partial charge in [0.05, 0.1) is 32.5 Å². The van der Waals surface area contributed by atoms with Crippen molar-refractivity contribution in [3.63, 3.8) is 0 Å². The van der Waals surface area contributed by atoms with Crippen LogP contribution < -0.4 is 0 Å². The van der Waals surface area contributed by atoms with Gasteiger partial charge >= 0.3 is 7.82 Å². The molecule has 0 amide bonds. The van der Waals surface area contributed by atoms with Crippen molar-refractivity contribution in [2.75, 3.05) is 31.8 Å². The molecular formula is C24H48BrO6P. The summed E-state index contributed by atoms with van der Waals surface area (Å²) in [5.41, 5.74) is 0. The number of alkyl halides is 1. The molecule has 0 saturated carbocycles. The van der Waals surface area contributed by atoms with Gasteiger partial charge in [0.1, 0.15) is 6.10 Å². The van der Waals surface area contributed by atoms with E-state index in [4.69, 9.17) is 18.5 Å². The first-order valence-corrected chi connectivity index (χ1v) is 15.6. The number of hydrogen-bond acceptors (Lipinski definition) is 5. The molecule has 3 atom stereocenters. The van der Waals surface area contributed by atoms with Crippen LogP contribution in [0.2, 0.25) is 0 Å². The summed E-state index contributed by atoms with van der Waals surface area (Å²) in [4.78, 5) is 9.52. The molecule has 32 heavy (non-hydrogen) atoms. The van der Waals surface area contributed by atoms with Crippen LogP contribution in [0.1, 0.15) is 110 Å². The lowest BCUT2D eigenvalue weighted by atomic mass is 10.0. The summed E-state index contributed by atoms with van der Waals surface area (Å²) in [7, 11) is -4.00. The van der Waals surface area contributed by atoms with Crippen LogP contribution in [-0.4, -0.2) is 48.9 Å². The van der Waals surface area contributed by atoms with Gasteiger partial charge in [-0.2, -0.15) is 0 Å². The minimum Gasteiger partial charge on any atom is -0.373 e. The molecule has 1 heterocycles. The molecule has 0 aromatic rings. The van der Waals surface area contributed by atoms with Crippen molar-refractivity contribution in [2.24, 2.45) is 0 Å². The van der Waals surface area contributed by atoms with Crippen molar-refractivity contribution < 1.29 is 28.0 Å². The molecule has 1 fully saturated rings. The van der Waals surface area contributed by atoms with Gasteiger partial charge in [-0.25, -0.2) is 4.57 Å². The van der Waals surface area contributed by atoms with E-state index in [0.29, 0.717) is 18.5 Å². The number of hydrogen-bond donors (Lipinski definition) is 1. The van der Waals surface area contributed by atoms with Gasteiger partial charge < -0.3 is 14.4 Å². The zero-order valence-electron chi connectivity index (χ0n) is 20.3. The average Bonchev–Trinajstić information content (AvgIpc) is 2.80. The smallest absolute Gasteiger partial charge is 0.373 e. The van der Waals surface area contributed by atoms with E-state index in [0.717, 1.165) is 6.42 Å². The minimum atomic E-state index is -4.00. The number of ether oxygens (including phenoxy) is 2. The van der Waals surface area contributed by atoms with Crippen molar-refractivity contribution in [1.82, 2.24) is 0 Å². The lowest BCUT2D eigenvalue weighted by Crippen LogP contribution is -2.38. The third-order valence-corrected chi connectivity index (χ3v) is 7.23. The van der Waals surface area contributed by atoms with E-state index in [9.17, 15) is 9.46 Å². The van der Waals surface area contributed by atoms with E-state index in [1.54, 1.807) is 0 Å². The Bertz CT molecular complexity index is 460. The topological polar surface area (TPSA) is 74.2 Å². The van der Waals surface area contributed by atoms with Gasteiger partial charge in [0.15, 0.2) is 0 Å². The number of halogens is 1. The SMILES string of the molecule is CCCCCCCCCCCCCCCCC[C@@H]1CO[C@H](COP(=O)(O)OCCBr)CO1. The maximum atomic E-state index is 11.6. The second-order valence-electron chi connectivity index (χ2n) is 8.94. The monoisotopic (exact) mass is 542 g/mol. The molecular weight excluding hydrogens is 495 g/mol. The highest BCUT2D eigenvalue weighted by molar-refractivity contribution is 9.09. The fourth-order valence-electron chi connectivity index (χ4n) is 3.95. The van der Waals surface area contributed by atoms with E-state index < -0.39 is 7.82 Å². The Hall–Kier alpha value is 0.510. The highest BCUT2D eigenvalue weighted by Crippen LogP contribution is 2.43. The molecule has 0 bridgehead atoms. The zero-order valence-corrected chi connectivity index (χ0v) is 22.8. The Kier molecular flexibility index (Phi) is 19.9. The molecule has 1 rings (SSSR count). The van der Waals surface area contributed by atoms with Crippen LogP contribution in [0.4, 0.5) is 0 Å². The van der Waals surface area contributed by atoms with Gasteiger partial charge in [-0.1, -0.05) is 119 Å². The number of phosphoric acid groups is 1. The molecule has 1 N–H and O–H groups in total. The Morgan fingerprint density at radius 3 is 1.72 bits per heavy atom. The molecule has 1 aliphatic heterocycles. The van der Waals surface area contributed by atoms with E-state index >= 15 is 0 Å². The second-order valence-corrected chi connectivity index (χ2v) is 11.2. The predicted octanol–water partition coefficient (Wildman–Crippen LogP) is 7.56. The maximum absolute atomic E-state index is 11.6. The van der Waals surface area contributed by atoms with Crippen LogP contribution in [0, 0.1) is 0 Å². The molecule has 0 aromatic heterocycles. The van der Waals surface area contributed by atoms with Gasteiger partial charge in [0.25, 0.3) is 0 Å². The van der Waals surface area contributed by atoms with Crippen LogP contribution in [0.5, 0.6) is 0 Å². The van der Waals surface area contributed by atoms with Crippen molar-refractivity contribution in [3.8, 4) is 0 Å². The van der Waals surface area contributed by atoms with E-state index in [2.05, 4.69) is 22.9 Å². The molecule has 0 spiro atoms. The van der Waals surface area contributed by atoms with Crippen LogP contribution in [0.15, 0.2) is 0 Å². The molecule has 192 valence electrons. The standard InChI is InChI=1S/C24H48BrO6P/c1-2-3-4-5-6-7-8-9-10-11-12-13-14-15-16-17-23-20-29-24(21-28-23)22-31-32(26,27)30-19-18-25/h23-24H,2-22H2,1H3,(H,26,27)/t23-,24+/m1/s1. The van der Waals surface area contributed by atoms with Crippen LogP contribution in [0.3, 0.4) is 0 Å². The first-order chi connectivity index (χ1) is 15.6. The van der Waals surface area contributed by atoms with Crippen molar-refractivity contribution in [2.45, 2.75) is 122 Å². The van der Waals surface area contributed by atoms with Crippen LogP contribution >= 0.6 is 23.8 Å². The fraction of sp³-hybridized carbons (Fsp3) is 1.00. The van der Waals surface area contributed by atoms with E-state index in [-0.39, 0.29) is 25.4 Å². The first kappa shape index (κ1) is 30.5. The van der Waals surface area contributed by atoms with Crippen molar-refractivity contribution in [3.05, 3.63) is 0 Å². The molecule has 1 unspecified atom stereocenters. The van der Waals surface area contributed by atoms with Gasteiger partial charge in [-0.3, -0.25) is 9.05 Å². The van der Waals surface area contributed by atoms with Crippen molar-refractivity contribution in [1.29, 1.82) is 0 Å². The first-order valence-electron chi connectivity index (χ1n) is 13.0. The summed E-state index contributed by atoms with van der Waals surface area (Å²) in [6, 6.07) is 0. The Balaban J connectivity index is 1.84. The summed E-state index contributed by atoms with van der Waals surface area (Å²) >= 11 is 3.14. The molecule has 0 aromatic carbocycles. The number of unbranched alkanes of at least 4 members (excludes halogenated alkanes) is 14. The summed E-state index contributed by atoms with van der Waals surface area (Å²) < 4.78 is 32.9. The second kappa shape index (κ2) is 20.8. The summed E-state index contributed by atoms with van der Waals surface area (Å²) in [6.07, 6.45) is 21.4. The molecule has 6 nitrogen and oxygen atoms in total. The Morgan fingerprint density at radius 2 is 1.25 bits per heavy atom. The average molecular weight is 544 g/mol. The molecule has 1 saturated heterocycles. The number of phosphoric ester groups is 1. The summed E-state index contributed by atoms with van der Waals surface area (Å²) in [6.45, 7) is 3.31. The quantitative estimate of drug-likeness (QED) is 0.0863. The highest BCUT2D eigenvalue weighted by atomic mass is 79.9. The maximum Gasteiger partial charge on any atom is 0.472 e. The Labute approximate surface area is 205 Å². The van der Waals surface area contributed by atoms with Gasteiger partial charge in [0.2, 0.25) is 0 Å². The fourth-order valence-corrected chi connectivity index (χ4v) is 5.12. The summed E-state index contributed by atoms with van der Waals surface area (Å²) in [5, 5.41) is 0.477. The predicted molar refractivity (Wildman–Crippen MR) is 135 cm³/mol. The number of rotatable bonds is 22. The van der Waals surface area contributed by atoms with Crippen LogP contribution in [0.25, 0.3) is 0 Å². The van der Waals surface area contributed by atoms with Crippen molar-refractivity contribution >= 4 is 23.8 Å². The lowest BCUT2D eigenvalue weighted by Gasteiger charge is -2.29. The largest absolute Gasteiger partial charge is 0.472 e. The normalized spacial score (nSPS) is 21.0. The third kappa shape index (κ3) is 17.9. The molecule has 0 radical (unpaired) electrons. The van der Waals surface area contributed by atoms with Gasteiger partial charge in [-0.05, 0) is 6.42 Å². The van der Waals surface area contributed by atoms with Gasteiger partial charge in [0, 0.05) is 5.33 Å². The summed E-state index contributed by atoms with van der Waals surface area (Å²) in [5.74, 6) is 0. The highest BCUT2D eigenvalue weighted by Gasteiger charge is 2.27. The minimum absolute atomic E-state index is 0.00173.